The maximum Gasteiger partial charge on any atom is 0.220 e. The molecule has 1 aromatic carbocycles. The quantitative estimate of drug-likeness (QED) is 0.297. The van der Waals surface area contributed by atoms with Gasteiger partial charge in [0.2, 0.25) is 8.24 Å². The van der Waals surface area contributed by atoms with Crippen LogP contribution in [0.2, 0.25) is 69.4 Å². The lowest BCUT2D eigenvalue weighted by molar-refractivity contribution is 0.415. The Morgan fingerprint density at radius 2 is 1.19 bits per heavy atom. The zero-order valence-corrected chi connectivity index (χ0v) is 23.4. The van der Waals surface area contributed by atoms with Crippen LogP contribution < -0.4 is 9.92 Å². The van der Waals surface area contributed by atoms with Crippen LogP contribution in [0.3, 0.4) is 0 Å². The number of methoxy groups -OCH3 is 1. The Balaban J connectivity index is 4.06. The van der Waals surface area contributed by atoms with Crippen LogP contribution >= 0.6 is 12.2 Å². The van der Waals surface area contributed by atoms with Crippen molar-refractivity contribution in [2.24, 2.45) is 4.66 Å². The molecule has 0 N–H and O–H groups in total. The molecule has 146 valence electrons. The molecular weight excluding hydrogens is 403 g/mol. The van der Waals surface area contributed by atoms with Gasteiger partial charge in [0, 0.05) is 29.4 Å². The maximum atomic E-state index is 5.40. The third kappa shape index (κ3) is 3.66. The van der Waals surface area contributed by atoms with Gasteiger partial charge in [0.05, 0.1) is 7.11 Å². The number of nitrogens with zero attached hydrogens (tertiary/aromatic N) is 1. The van der Waals surface area contributed by atoms with Crippen molar-refractivity contribution in [2.75, 3.05) is 7.11 Å². The zero-order valence-electron chi connectivity index (χ0n) is 18.6. The van der Waals surface area contributed by atoms with E-state index in [4.69, 9.17) is 21.6 Å². The van der Waals surface area contributed by atoms with E-state index in [1.165, 1.54) is 5.19 Å². The number of hydrogen-bond donors (Lipinski definition) is 0. The summed E-state index contributed by atoms with van der Waals surface area (Å²) >= 11 is 5.23. The summed E-state index contributed by atoms with van der Waals surface area (Å²) in [7, 11) is -5.42. The Morgan fingerprint density at radius 3 is 1.46 bits per heavy atom. The average molecular weight is 440 g/mol. The Bertz CT molecular complexity index is 643. The zero-order chi connectivity index (χ0) is 20.6. The fraction of sp³-hybridized carbons (Fsp3) is 0.632. The molecule has 2 nitrogen and oxygen atoms in total. The molecule has 1 unspecified atom stereocenters. The molecule has 0 fully saturated rings. The Kier molecular flexibility index (Phi) is 6.94. The van der Waals surface area contributed by atoms with Crippen molar-refractivity contribution in [2.45, 2.75) is 69.4 Å². The standard InChI is InChI=1S/C19H37NOSSi4/c1-21-17-12-14-18(15-13-17)26(11,20-16-22)19(23(2,3)4,24(5,6)7)25(8,9)10/h12-15H,1-11H3. The Hall–Kier alpha value is -0.312. The van der Waals surface area contributed by atoms with Gasteiger partial charge in [-0.2, -0.15) is 0 Å². The molecule has 0 saturated heterocycles. The van der Waals surface area contributed by atoms with Crippen molar-refractivity contribution in [3.8, 4) is 5.75 Å². The fourth-order valence-electron chi connectivity index (χ4n) is 6.94. The first-order valence-corrected chi connectivity index (χ1v) is 22.7. The molecule has 0 spiro atoms. The normalized spacial score (nSPS) is 15.8. The molecule has 0 saturated carbocycles. The van der Waals surface area contributed by atoms with Crippen LogP contribution in [0.4, 0.5) is 0 Å². The van der Waals surface area contributed by atoms with E-state index in [0.717, 1.165) is 5.75 Å². The number of rotatable bonds is 7. The number of isothiocyanates is 1. The predicted octanol–water partition coefficient (Wildman–Crippen LogP) is 5.95. The van der Waals surface area contributed by atoms with Gasteiger partial charge in [0.25, 0.3) is 0 Å². The van der Waals surface area contributed by atoms with Crippen molar-refractivity contribution in [3.63, 3.8) is 0 Å². The minimum atomic E-state index is -2.31. The molecule has 26 heavy (non-hydrogen) atoms. The summed E-state index contributed by atoms with van der Waals surface area (Å²) in [6.45, 7) is 25.6. The first-order valence-electron chi connectivity index (χ1n) is 9.34. The lowest BCUT2D eigenvalue weighted by Gasteiger charge is -2.64. The van der Waals surface area contributed by atoms with Crippen molar-refractivity contribution in [3.05, 3.63) is 24.3 Å². The van der Waals surface area contributed by atoms with Gasteiger partial charge in [-0.1, -0.05) is 71.1 Å². The van der Waals surface area contributed by atoms with Gasteiger partial charge in [-0.15, -0.1) is 0 Å². The van der Waals surface area contributed by atoms with Crippen LogP contribution in [0.15, 0.2) is 28.9 Å². The van der Waals surface area contributed by atoms with Crippen molar-refractivity contribution in [1.29, 1.82) is 0 Å². The van der Waals surface area contributed by atoms with Crippen molar-refractivity contribution < 1.29 is 4.74 Å². The highest BCUT2D eigenvalue weighted by atomic mass is 32.1. The highest BCUT2D eigenvalue weighted by molar-refractivity contribution is 7.78. The molecule has 0 aliphatic heterocycles. The second-order valence-corrected chi connectivity index (χ2v) is 33.1. The summed E-state index contributed by atoms with van der Waals surface area (Å²) in [5.74, 6) is 0.899. The van der Waals surface area contributed by atoms with Gasteiger partial charge in [-0.3, -0.25) is 4.66 Å². The summed E-state index contributed by atoms with van der Waals surface area (Å²) in [5.41, 5.74) is 0. The summed E-state index contributed by atoms with van der Waals surface area (Å²) < 4.78 is 10.9. The van der Waals surface area contributed by atoms with Crippen LogP contribution in [0.25, 0.3) is 0 Å². The van der Waals surface area contributed by atoms with Crippen LogP contribution in [0, 0.1) is 0 Å². The van der Waals surface area contributed by atoms with Crippen LogP contribution in [0.1, 0.15) is 0 Å². The topological polar surface area (TPSA) is 21.6 Å². The largest absolute Gasteiger partial charge is 0.497 e. The molecule has 1 atom stereocenters. The van der Waals surface area contributed by atoms with E-state index in [0.29, 0.717) is 3.91 Å². The summed E-state index contributed by atoms with van der Waals surface area (Å²) in [4.78, 5) is 0. The lowest BCUT2D eigenvalue weighted by Crippen LogP contribution is -2.79. The first kappa shape index (κ1) is 23.7. The smallest absolute Gasteiger partial charge is 0.220 e. The molecule has 0 aliphatic rings. The number of hydrogen-bond acceptors (Lipinski definition) is 3. The van der Waals surface area contributed by atoms with Gasteiger partial charge in [-0.05, 0) is 40.0 Å². The van der Waals surface area contributed by atoms with E-state index in [-0.39, 0.29) is 0 Å². The summed E-state index contributed by atoms with van der Waals surface area (Å²) in [5, 5.41) is 4.24. The van der Waals surface area contributed by atoms with E-state index in [1.807, 2.05) is 0 Å². The highest BCUT2D eigenvalue weighted by Crippen LogP contribution is 2.59. The molecule has 1 rings (SSSR count). The van der Waals surface area contributed by atoms with Gasteiger partial charge in [0.1, 0.15) is 5.75 Å². The summed E-state index contributed by atoms with van der Waals surface area (Å²) in [6, 6.07) is 8.67. The van der Waals surface area contributed by atoms with E-state index >= 15 is 0 Å². The SMILES string of the molecule is COc1ccc([Si](C)(N=C=S)C([Si](C)(C)C)([Si](C)(C)C)[Si](C)(C)C)cc1. The number of ether oxygens (including phenoxy) is 1. The predicted molar refractivity (Wildman–Crippen MR) is 132 cm³/mol. The highest BCUT2D eigenvalue weighted by Gasteiger charge is 2.70. The molecule has 0 aromatic heterocycles. The minimum absolute atomic E-state index is 0.334. The molecule has 0 aliphatic carbocycles. The molecule has 0 bridgehead atoms. The lowest BCUT2D eigenvalue weighted by atomic mass is 10.3. The van der Waals surface area contributed by atoms with E-state index in [1.54, 1.807) is 7.11 Å². The molecule has 0 radical (unpaired) electrons. The van der Waals surface area contributed by atoms with Crippen molar-refractivity contribution in [1.82, 2.24) is 0 Å². The fourth-order valence-corrected chi connectivity index (χ4v) is 55.5. The van der Waals surface area contributed by atoms with Gasteiger partial charge in [-0.25, -0.2) is 0 Å². The Labute approximate surface area is 170 Å². The third-order valence-electron chi connectivity index (χ3n) is 6.03. The summed E-state index contributed by atoms with van der Waals surface area (Å²) in [6.07, 6.45) is 0. The van der Waals surface area contributed by atoms with Crippen molar-refractivity contribution >= 4 is 55.0 Å². The molecule has 7 heteroatoms. The number of benzene rings is 1. The molecule has 0 heterocycles. The van der Waals surface area contributed by atoms with E-state index < -0.39 is 32.5 Å². The van der Waals surface area contributed by atoms with Gasteiger partial charge < -0.3 is 4.74 Å². The second-order valence-electron chi connectivity index (χ2n) is 10.5. The minimum Gasteiger partial charge on any atom is -0.497 e. The van der Waals surface area contributed by atoms with E-state index in [9.17, 15) is 0 Å². The van der Waals surface area contributed by atoms with Crippen LogP contribution in [0.5, 0.6) is 5.75 Å². The maximum absolute atomic E-state index is 5.40. The van der Waals surface area contributed by atoms with Crippen LogP contribution in [-0.4, -0.2) is 44.7 Å². The first-order chi connectivity index (χ1) is 11.6. The number of thiocarbonyl (C=S) groups is 1. The molecule has 1 aromatic rings. The van der Waals surface area contributed by atoms with Crippen LogP contribution in [-0.2, 0) is 0 Å². The Morgan fingerprint density at radius 1 is 0.808 bits per heavy atom. The van der Waals surface area contributed by atoms with E-state index in [2.05, 4.69) is 94.9 Å². The second kappa shape index (κ2) is 7.60. The molecular formula is C19H37NOSSi4. The molecule has 0 amide bonds. The third-order valence-corrected chi connectivity index (χ3v) is 41.1. The van der Waals surface area contributed by atoms with Gasteiger partial charge in [0.15, 0.2) is 0 Å². The monoisotopic (exact) mass is 439 g/mol. The van der Waals surface area contributed by atoms with Gasteiger partial charge >= 0.3 is 0 Å². The average Bonchev–Trinajstić information content (AvgIpc) is 2.43.